The van der Waals surface area contributed by atoms with Crippen molar-refractivity contribution in [2.24, 2.45) is 5.73 Å². The van der Waals surface area contributed by atoms with Crippen LogP contribution < -0.4 is 10.5 Å². The van der Waals surface area contributed by atoms with Crippen molar-refractivity contribution >= 4 is 0 Å². The molecule has 1 heterocycles. The average molecular weight is 270 g/mol. The topological polar surface area (TPSA) is 48.1 Å². The van der Waals surface area contributed by atoms with Crippen LogP contribution in [0.4, 0.5) is 0 Å². The van der Waals surface area contributed by atoms with Crippen molar-refractivity contribution in [3.05, 3.63) is 53.2 Å². The van der Waals surface area contributed by atoms with Crippen LogP contribution >= 0.6 is 0 Å². The molecule has 0 aliphatic carbocycles. The standard InChI is InChI=1S/C17H22N2O/c1-4-15(18)11-14-8-6-10-19-17(14)20-16-9-5-7-12(2)13(16)3/h5-10,15H,4,11,18H2,1-3H3. The van der Waals surface area contributed by atoms with Gasteiger partial charge in [-0.1, -0.05) is 25.1 Å². The van der Waals surface area contributed by atoms with E-state index in [0.717, 1.165) is 29.7 Å². The van der Waals surface area contributed by atoms with E-state index in [1.807, 2.05) is 24.3 Å². The second-order valence-electron chi connectivity index (χ2n) is 5.14. The predicted molar refractivity (Wildman–Crippen MR) is 82.2 cm³/mol. The zero-order chi connectivity index (χ0) is 14.5. The first-order valence-electron chi connectivity index (χ1n) is 7.05. The van der Waals surface area contributed by atoms with Gasteiger partial charge in [0, 0.05) is 17.8 Å². The highest BCUT2D eigenvalue weighted by Gasteiger charge is 2.11. The van der Waals surface area contributed by atoms with Crippen LogP contribution in [0.2, 0.25) is 0 Å². The van der Waals surface area contributed by atoms with Gasteiger partial charge in [-0.05, 0) is 49.9 Å². The number of ether oxygens (including phenoxy) is 1. The van der Waals surface area contributed by atoms with Gasteiger partial charge in [-0.3, -0.25) is 0 Å². The molecule has 2 N–H and O–H groups in total. The molecular weight excluding hydrogens is 248 g/mol. The van der Waals surface area contributed by atoms with Gasteiger partial charge in [-0.25, -0.2) is 4.98 Å². The summed E-state index contributed by atoms with van der Waals surface area (Å²) >= 11 is 0. The minimum Gasteiger partial charge on any atom is -0.438 e. The lowest BCUT2D eigenvalue weighted by molar-refractivity contribution is 0.449. The summed E-state index contributed by atoms with van der Waals surface area (Å²) in [5.41, 5.74) is 9.45. The number of nitrogens with zero attached hydrogens (tertiary/aromatic N) is 1. The minimum absolute atomic E-state index is 0.139. The van der Waals surface area contributed by atoms with E-state index in [2.05, 4.69) is 31.8 Å². The first kappa shape index (κ1) is 14.5. The highest BCUT2D eigenvalue weighted by Crippen LogP contribution is 2.28. The van der Waals surface area contributed by atoms with Crippen molar-refractivity contribution < 1.29 is 4.74 Å². The molecule has 1 atom stereocenters. The van der Waals surface area contributed by atoms with Crippen LogP contribution in [0.25, 0.3) is 0 Å². The van der Waals surface area contributed by atoms with E-state index in [0.29, 0.717) is 5.88 Å². The maximum atomic E-state index is 6.04. The molecule has 1 unspecified atom stereocenters. The summed E-state index contributed by atoms with van der Waals surface area (Å²) in [6, 6.07) is 10.1. The zero-order valence-corrected chi connectivity index (χ0v) is 12.4. The fourth-order valence-electron chi connectivity index (χ4n) is 2.04. The molecule has 0 aliphatic rings. The van der Waals surface area contributed by atoms with E-state index in [1.165, 1.54) is 5.56 Å². The van der Waals surface area contributed by atoms with Gasteiger partial charge >= 0.3 is 0 Å². The van der Waals surface area contributed by atoms with Gasteiger partial charge in [-0.2, -0.15) is 0 Å². The third-order valence-electron chi connectivity index (χ3n) is 3.62. The summed E-state index contributed by atoms with van der Waals surface area (Å²) in [5.74, 6) is 1.51. The van der Waals surface area contributed by atoms with Crippen LogP contribution in [0.1, 0.15) is 30.0 Å². The summed E-state index contributed by atoms with van der Waals surface area (Å²) < 4.78 is 6.00. The Morgan fingerprint density at radius 2 is 2.00 bits per heavy atom. The molecule has 3 nitrogen and oxygen atoms in total. The molecule has 20 heavy (non-hydrogen) atoms. The minimum atomic E-state index is 0.139. The van der Waals surface area contributed by atoms with Crippen LogP contribution in [0.5, 0.6) is 11.6 Å². The smallest absolute Gasteiger partial charge is 0.222 e. The molecule has 1 aromatic heterocycles. The zero-order valence-electron chi connectivity index (χ0n) is 12.4. The lowest BCUT2D eigenvalue weighted by Crippen LogP contribution is -2.21. The third-order valence-corrected chi connectivity index (χ3v) is 3.62. The second kappa shape index (κ2) is 6.53. The molecule has 2 aromatic rings. The maximum Gasteiger partial charge on any atom is 0.222 e. The van der Waals surface area contributed by atoms with Crippen molar-refractivity contribution in [2.45, 2.75) is 39.7 Å². The molecule has 106 valence electrons. The Hall–Kier alpha value is -1.87. The van der Waals surface area contributed by atoms with Crippen molar-refractivity contribution in [3.63, 3.8) is 0 Å². The number of aryl methyl sites for hydroxylation is 1. The third kappa shape index (κ3) is 3.36. The second-order valence-corrected chi connectivity index (χ2v) is 5.14. The molecule has 0 amide bonds. The summed E-state index contributed by atoms with van der Waals surface area (Å²) in [7, 11) is 0. The van der Waals surface area contributed by atoms with Gasteiger partial charge < -0.3 is 10.5 Å². The van der Waals surface area contributed by atoms with Crippen LogP contribution in [0.15, 0.2) is 36.5 Å². The highest BCUT2D eigenvalue weighted by molar-refractivity contribution is 5.41. The first-order valence-corrected chi connectivity index (χ1v) is 7.05. The molecule has 0 saturated carbocycles. The van der Waals surface area contributed by atoms with Gasteiger partial charge in [-0.15, -0.1) is 0 Å². The van der Waals surface area contributed by atoms with Crippen LogP contribution in [0, 0.1) is 13.8 Å². The number of hydrogen-bond donors (Lipinski definition) is 1. The Morgan fingerprint density at radius 3 is 2.75 bits per heavy atom. The summed E-state index contributed by atoms with van der Waals surface area (Å²) in [4.78, 5) is 4.35. The van der Waals surface area contributed by atoms with E-state index in [4.69, 9.17) is 10.5 Å². The Kier molecular flexibility index (Phi) is 4.74. The maximum absolute atomic E-state index is 6.04. The molecule has 1 aromatic carbocycles. The largest absolute Gasteiger partial charge is 0.438 e. The summed E-state index contributed by atoms with van der Waals surface area (Å²) in [6.07, 6.45) is 3.48. The molecule has 0 radical (unpaired) electrons. The summed E-state index contributed by atoms with van der Waals surface area (Å²) in [5, 5.41) is 0. The Bertz CT molecular complexity index is 581. The number of aromatic nitrogens is 1. The van der Waals surface area contributed by atoms with Crippen LogP contribution in [0.3, 0.4) is 0 Å². The van der Waals surface area contributed by atoms with Gasteiger partial charge in [0.2, 0.25) is 5.88 Å². The molecule has 0 fully saturated rings. The monoisotopic (exact) mass is 270 g/mol. The Labute approximate surface area is 120 Å². The molecule has 0 aliphatic heterocycles. The van der Waals surface area contributed by atoms with E-state index >= 15 is 0 Å². The van der Waals surface area contributed by atoms with Gasteiger partial charge in [0.1, 0.15) is 5.75 Å². The van der Waals surface area contributed by atoms with Crippen molar-refractivity contribution in [3.8, 4) is 11.6 Å². The molecular formula is C17H22N2O. The van der Waals surface area contributed by atoms with Gasteiger partial charge in [0.25, 0.3) is 0 Å². The number of rotatable bonds is 5. The SMILES string of the molecule is CCC(N)Cc1cccnc1Oc1cccc(C)c1C. The van der Waals surface area contributed by atoms with Crippen molar-refractivity contribution in [1.29, 1.82) is 0 Å². The Morgan fingerprint density at radius 1 is 1.20 bits per heavy atom. The number of benzene rings is 1. The predicted octanol–water partition coefficient (Wildman–Crippen LogP) is 3.77. The molecule has 0 bridgehead atoms. The average Bonchev–Trinajstić information content (AvgIpc) is 2.45. The Balaban J connectivity index is 2.27. The van der Waals surface area contributed by atoms with Crippen molar-refractivity contribution in [1.82, 2.24) is 4.98 Å². The molecule has 0 spiro atoms. The highest BCUT2D eigenvalue weighted by atomic mass is 16.5. The van der Waals surface area contributed by atoms with Crippen molar-refractivity contribution in [2.75, 3.05) is 0 Å². The summed E-state index contributed by atoms with van der Waals surface area (Å²) in [6.45, 7) is 6.23. The number of nitrogens with two attached hydrogens (primary N) is 1. The normalized spacial score (nSPS) is 12.2. The molecule has 0 saturated heterocycles. The van der Waals surface area contributed by atoms with E-state index < -0.39 is 0 Å². The van der Waals surface area contributed by atoms with Crippen LogP contribution in [-0.2, 0) is 6.42 Å². The quantitative estimate of drug-likeness (QED) is 0.899. The van der Waals surface area contributed by atoms with Gasteiger partial charge in [0.15, 0.2) is 0 Å². The number of pyridine rings is 1. The van der Waals surface area contributed by atoms with Crippen LogP contribution in [-0.4, -0.2) is 11.0 Å². The molecule has 2 rings (SSSR count). The van der Waals surface area contributed by atoms with E-state index in [-0.39, 0.29) is 6.04 Å². The lowest BCUT2D eigenvalue weighted by Gasteiger charge is -2.14. The number of hydrogen-bond acceptors (Lipinski definition) is 3. The van der Waals surface area contributed by atoms with Gasteiger partial charge in [0.05, 0.1) is 0 Å². The lowest BCUT2D eigenvalue weighted by atomic mass is 10.1. The molecule has 3 heteroatoms. The fourth-order valence-corrected chi connectivity index (χ4v) is 2.04. The van der Waals surface area contributed by atoms with E-state index in [1.54, 1.807) is 6.20 Å². The fraction of sp³-hybridized carbons (Fsp3) is 0.353. The first-order chi connectivity index (χ1) is 9.61. The van der Waals surface area contributed by atoms with E-state index in [9.17, 15) is 0 Å².